The Bertz CT molecular complexity index is 396. The average molecular weight is 262 g/mol. The summed E-state index contributed by atoms with van der Waals surface area (Å²) in [6, 6.07) is 5.85. The standard InChI is InChI=1S/C17H26O2/c1-3-5-7-8-10-15-13-14(9-6-4-2)11-12-16(15)17(18)19/h11-13H,3-10H2,1-2H3,(H,18,19). The van der Waals surface area contributed by atoms with Gasteiger partial charge in [0.2, 0.25) is 0 Å². The van der Waals surface area contributed by atoms with Gasteiger partial charge in [0, 0.05) is 0 Å². The number of benzene rings is 1. The summed E-state index contributed by atoms with van der Waals surface area (Å²) in [5.41, 5.74) is 2.77. The van der Waals surface area contributed by atoms with Crippen LogP contribution in [0.15, 0.2) is 18.2 Å². The summed E-state index contributed by atoms with van der Waals surface area (Å²) in [6.45, 7) is 4.37. The van der Waals surface area contributed by atoms with Gasteiger partial charge in [-0.3, -0.25) is 0 Å². The largest absolute Gasteiger partial charge is 0.478 e. The second kappa shape index (κ2) is 8.73. The number of rotatable bonds is 9. The fraction of sp³-hybridized carbons (Fsp3) is 0.588. The highest BCUT2D eigenvalue weighted by atomic mass is 16.4. The molecule has 2 heteroatoms. The summed E-state index contributed by atoms with van der Waals surface area (Å²) in [5, 5.41) is 9.24. The molecule has 1 rings (SSSR count). The lowest BCUT2D eigenvalue weighted by atomic mass is 9.96. The van der Waals surface area contributed by atoms with Crippen molar-refractivity contribution in [3.8, 4) is 0 Å². The predicted molar refractivity (Wildman–Crippen MR) is 79.9 cm³/mol. The van der Waals surface area contributed by atoms with E-state index in [1.54, 1.807) is 6.07 Å². The normalized spacial score (nSPS) is 10.6. The van der Waals surface area contributed by atoms with Crippen LogP contribution in [0.2, 0.25) is 0 Å². The third kappa shape index (κ3) is 5.46. The zero-order chi connectivity index (χ0) is 14.1. The van der Waals surface area contributed by atoms with Gasteiger partial charge in [-0.05, 0) is 42.9 Å². The van der Waals surface area contributed by atoms with Gasteiger partial charge in [0.25, 0.3) is 0 Å². The maximum absolute atomic E-state index is 11.2. The molecule has 0 aromatic heterocycles. The Morgan fingerprint density at radius 2 is 1.74 bits per heavy atom. The molecule has 0 fully saturated rings. The van der Waals surface area contributed by atoms with E-state index < -0.39 is 5.97 Å². The average Bonchev–Trinajstić information content (AvgIpc) is 2.41. The van der Waals surface area contributed by atoms with Crippen LogP contribution in [0.4, 0.5) is 0 Å². The minimum absolute atomic E-state index is 0.483. The number of hydrogen-bond donors (Lipinski definition) is 1. The van der Waals surface area contributed by atoms with Gasteiger partial charge in [-0.2, -0.15) is 0 Å². The second-order valence-corrected chi connectivity index (χ2v) is 5.21. The summed E-state index contributed by atoms with van der Waals surface area (Å²) in [6.07, 6.45) is 9.01. The molecule has 1 N–H and O–H groups in total. The van der Waals surface area contributed by atoms with Gasteiger partial charge in [0.15, 0.2) is 0 Å². The predicted octanol–water partition coefficient (Wildman–Crippen LogP) is 4.85. The quantitative estimate of drug-likeness (QED) is 0.646. The number of carbonyl (C=O) groups is 1. The topological polar surface area (TPSA) is 37.3 Å². The fourth-order valence-electron chi connectivity index (χ4n) is 2.34. The van der Waals surface area contributed by atoms with Gasteiger partial charge in [0.05, 0.1) is 5.56 Å². The fourth-order valence-corrected chi connectivity index (χ4v) is 2.34. The molecule has 2 nitrogen and oxygen atoms in total. The van der Waals surface area contributed by atoms with Gasteiger partial charge in [-0.15, -0.1) is 0 Å². The molecule has 0 amide bonds. The molecule has 0 heterocycles. The number of carboxylic acid groups (broad SMARTS) is 1. The van der Waals surface area contributed by atoms with Crippen LogP contribution in [-0.2, 0) is 12.8 Å². The number of unbranched alkanes of at least 4 members (excludes halogenated alkanes) is 4. The van der Waals surface area contributed by atoms with Crippen molar-refractivity contribution in [2.45, 2.75) is 65.2 Å². The lowest BCUT2D eigenvalue weighted by molar-refractivity contribution is 0.0695. The molecule has 0 aliphatic heterocycles. The van der Waals surface area contributed by atoms with Crippen molar-refractivity contribution in [2.75, 3.05) is 0 Å². The van der Waals surface area contributed by atoms with E-state index in [0.717, 1.165) is 24.8 Å². The summed E-state index contributed by atoms with van der Waals surface area (Å²) in [5.74, 6) is -0.799. The number of aryl methyl sites for hydroxylation is 2. The van der Waals surface area contributed by atoms with Crippen molar-refractivity contribution in [3.63, 3.8) is 0 Å². The Morgan fingerprint density at radius 3 is 2.37 bits per heavy atom. The molecule has 0 spiro atoms. The van der Waals surface area contributed by atoms with Crippen LogP contribution in [0, 0.1) is 0 Å². The molecule has 0 saturated heterocycles. The van der Waals surface area contributed by atoms with Crippen molar-refractivity contribution >= 4 is 5.97 Å². The van der Waals surface area contributed by atoms with Gasteiger partial charge < -0.3 is 5.11 Å². The van der Waals surface area contributed by atoms with Gasteiger partial charge in [-0.1, -0.05) is 51.7 Å². The molecule has 106 valence electrons. The molecule has 0 bridgehead atoms. The van der Waals surface area contributed by atoms with E-state index in [2.05, 4.69) is 19.9 Å². The third-order valence-electron chi connectivity index (χ3n) is 3.52. The third-order valence-corrected chi connectivity index (χ3v) is 3.52. The van der Waals surface area contributed by atoms with Crippen molar-refractivity contribution in [2.24, 2.45) is 0 Å². The molecule has 0 unspecified atom stereocenters. The first-order chi connectivity index (χ1) is 9.19. The SMILES string of the molecule is CCCCCCc1cc(CCCC)ccc1C(=O)O. The van der Waals surface area contributed by atoms with E-state index in [1.165, 1.54) is 37.7 Å². The van der Waals surface area contributed by atoms with Crippen LogP contribution in [0.5, 0.6) is 0 Å². The Kier molecular flexibility index (Phi) is 7.24. The summed E-state index contributed by atoms with van der Waals surface area (Å²) in [4.78, 5) is 11.2. The van der Waals surface area contributed by atoms with Crippen molar-refractivity contribution in [1.82, 2.24) is 0 Å². The van der Waals surface area contributed by atoms with Crippen molar-refractivity contribution in [3.05, 3.63) is 34.9 Å². The second-order valence-electron chi connectivity index (χ2n) is 5.21. The first kappa shape index (κ1) is 15.7. The minimum atomic E-state index is -0.799. The Labute approximate surface area is 116 Å². The highest BCUT2D eigenvalue weighted by molar-refractivity contribution is 5.89. The van der Waals surface area contributed by atoms with E-state index in [0.29, 0.717) is 5.56 Å². The van der Waals surface area contributed by atoms with E-state index in [9.17, 15) is 9.90 Å². The Hall–Kier alpha value is -1.31. The van der Waals surface area contributed by atoms with Crippen LogP contribution in [0.3, 0.4) is 0 Å². The minimum Gasteiger partial charge on any atom is -0.478 e. The van der Waals surface area contributed by atoms with E-state index in [1.807, 2.05) is 6.07 Å². The first-order valence-electron chi connectivity index (χ1n) is 7.54. The molecule has 1 aromatic carbocycles. The molecular weight excluding hydrogens is 236 g/mol. The Morgan fingerprint density at radius 1 is 1.00 bits per heavy atom. The van der Waals surface area contributed by atoms with Gasteiger partial charge >= 0.3 is 5.97 Å². The van der Waals surface area contributed by atoms with Gasteiger partial charge in [0.1, 0.15) is 0 Å². The molecule has 0 saturated carbocycles. The van der Waals surface area contributed by atoms with Crippen LogP contribution >= 0.6 is 0 Å². The van der Waals surface area contributed by atoms with Crippen molar-refractivity contribution < 1.29 is 9.90 Å². The van der Waals surface area contributed by atoms with E-state index in [-0.39, 0.29) is 0 Å². The molecule has 0 atom stereocenters. The van der Waals surface area contributed by atoms with Gasteiger partial charge in [-0.25, -0.2) is 4.79 Å². The number of aromatic carboxylic acids is 1. The maximum Gasteiger partial charge on any atom is 0.335 e. The highest BCUT2D eigenvalue weighted by Crippen LogP contribution is 2.17. The zero-order valence-electron chi connectivity index (χ0n) is 12.2. The maximum atomic E-state index is 11.2. The molecule has 0 radical (unpaired) electrons. The molecular formula is C17H26O2. The first-order valence-corrected chi connectivity index (χ1v) is 7.54. The van der Waals surface area contributed by atoms with Crippen LogP contribution in [0.25, 0.3) is 0 Å². The summed E-state index contributed by atoms with van der Waals surface area (Å²) >= 11 is 0. The van der Waals surface area contributed by atoms with Crippen LogP contribution in [0.1, 0.15) is 73.9 Å². The van der Waals surface area contributed by atoms with Crippen LogP contribution < -0.4 is 0 Å². The molecule has 1 aromatic rings. The van der Waals surface area contributed by atoms with E-state index in [4.69, 9.17) is 0 Å². The number of hydrogen-bond acceptors (Lipinski definition) is 1. The van der Waals surface area contributed by atoms with Crippen LogP contribution in [-0.4, -0.2) is 11.1 Å². The highest BCUT2D eigenvalue weighted by Gasteiger charge is 2.10. The molecule has 0 aliphatic rings. The van der Waals surface area contributed by atoms with E-state index >= 15 is 0 Å². The summed E-state index contributed by atoms with van der Waals surface area (Å²) in [7, 11) is 0. The lowest BCUT2D eigenvalue weighted by Gasteiger charge is -2.09. The molecule has 19 heavy (non-hydrogen) atoms. The lowest BCUT2D eigenvalue weighted by Crippen LogP contribution is -2.04. The smallest absolute Gasteiger partial charge is 0.335 e. The number of carboxylic acids is 1. The zero-order valence-corrected chi connectivity index (χ0v) is 12.2. The molecule has 0 aliphatic carbocycles. The summed E-state index contributed by atoms with van der Waals surface area (Å²) < 4.78 is 0. The van der Waals surface area contributed by atoms with Crippen molar-refractivity contribution in [1.29, 1.82) is 0 Å². The Balaban J connectivity index is 2.74. The monoisotopic (exact) mass is 262 g/mol.